The lowest BCUT2D eigenvalue weighted by Gasteiger charge is -2.31. The van der Waals surface area contributed by atoms with Gasteiger partial charge in [0, 0.05) is 37.6 Å². The highest BCUT2D eigenvalue weighted by atomic mass is 35.5. The lowest BCUT2D eigenvalue weighted by atomic mass is 10.1. The molecular weight excluding hydrogens is 479 g/mol. The van der Waals surface area contributed by atoms with Crippen molar-refractivity contribution in [1.82, 2.24) is 14.3 Å². The average molecular weight is 503 g/mol. The number of piperidine rings is 1. The van der Waals surface area contributed by atoms with E-state index < -0.39 is 10.0 Å². The van der Waals surface area contributed by atoms with E-state index in [0.717, 1.165) is 31.6 Å². The molecule has 0 unspecified atom stereocenters. The first-order valence-corrected chi connectivity index (χ1v) is 13.1. The van der Waals surface area contributed by atoms with E-state index in [-0.39, 0.29) is 17.3 Å². The molecular formula is C24H24ClFN4O3S. The molecule has 7 nitrogen and oxygen atoms in total. The zero-order valence-electron chi connectivity index (χ0n) is 18.5. The van der Waals surface area contributed by atoms with Crippen molar-refractivity contribution in [3.63, 3.8) is 0 Å². The number of sulfonamides is 1. The van der Waals surface area contributed by atoms with Crippen LogP contribution < -0.4 is 9.64 Å². The number of nitrogens with zero attached hydrogens (tertiary/aromatic N) is 4. The van der Waals surface area contributed by atoms with Crippen LogP contribution in [0, 0.1) is 5.82 Å². The van der Waals surface area contributed by atoms with Crippen LogP contribution in [0.2, 0.25) is 5.02 Å². The average Bonchev–Trinajstić information content (AvgIpc) is 2.86. The third kappa shape index (κ3) is 4.73. The van der Waals surface area contributed by atoms with Crippen LogP contribution in [0.4, 0.5) is 10.3 Å². The summed E-state index contributed by atoms with van der Waals surface area (Å²) in [6.07, 6.45) is 3.76. The van der Waals surface area contributed by atoms with Crippen molar-refractivity contribution in [3.05, 3.63) is 70.6 Å². The van der Waals surface area contributed by atoms with Crippen molar-refractivity contribution >= 4 is 27.6 Å². The molecule has 0 saturated carbocycles. The third-order valence-electron chi connectivity index (χ3n) is 6.09. The van der Waals surface area contributed by atoms with E-state index in [9.17, 15) is 12.8 Å². The first-order chi connectivity index (χ1) is 16.4. The highest BCUT2D eigenvalue weighted by molar-refractivity contribution is 7.89. The number of rotatable bonds is 5. The Morgan fingerprint density at radius 2 is 1.62 bits per heavy atom. The SMILES string of the molecule is O=S(=O)(c1ccc(Cl)cc1)N1CCc2nc(N3CCCCC3)nc(Oc3ccc(F)cc3)c2C1. The maximum atomic E-state index is 13.4. The van der Waals surface area contributed by atoms with Gasteiger partial charge in [-0.25, -0.2) is 17.8 Å². The maximum absolute atomic E-state index is 13.4. The normalized spacial score (nSPS) is 16.8. The Balaban J connectivity index is 1.51. The first-order valence-electron chi connectivity index (χ1n) is 11.2. The van der Waals surface area contributed by atoms with E-state index in [1.807, 2.05) is 0 Å². The molecule has 1 aromatic heterocycles. The largest absolute Gasteiger partial charge is 0.438 e. The van der Waals surface area contributed by atoms with E-state index in [2.05, 4.69) is 9.88 Å². The van der Waals surface area contributed by atoms with Gasteiger partial charge in [-0.2, -0.15) is 9.29 Å². The second kappa shape index (κ2) is 9.48. The van der Waals surface area contributed by atoms with Gasteiger partial charge in [0.05, 0.1) is 16.2 Å². The van der Waals surface area contributed by atoms with Gasteiger partial charge in [-0.05, 0) is 67.8 Å². The van der Waals surface area contributed by atoms with Gasteiger partial charge in [0.2, 0.25) is 21.9 Å². The van der Waals surface area contributed by atoms with E-state index in [1.165, 1.54) is 47.1 Å². The molecule has 10 heteroatoms. The van der Waals surface area contributed by atoms with Gasteiger partial charge in [0.1, 0.15) is 11.6 Å². The molecule has 34 heavy (non-hydrogen) atoms. The Bertz CT molecular complexity index is 1280. The minimum absolute atomic E-state index is 0.0805. The molecule has 1 saturated heterocycles. The third-order valence-corrected chi connectivity index (χ3v) is 8.21. The Kier molecular flexibility index (Phi) is 6.42. The molecule has 3 aromatic rings. The zero-order valence-corrected chi connectivity index (χ0v) is 20.0. The van der Waals surface area contributed by atoms with Gasteiger partial charge in [-0.3, -0.25) is 0 Å². The lowest BCUT2D eigenvalue weighted by molar-refractivity contribution is 0.368. The summed E-state index contributed by atoms with van der Waals surface area (Å²) in [5.41, 5.74) is 1.39. The van der Waals surface area contributed by atoms with Gasteiger partial charge in [0.15, 0.2) is 0 Å². The molecule has 0 amide bonds. The minimum atomic E-state index is -3.74. The molecule has 0 N–H and O–H groups in total. The first kappa shape index (κ1) is 23.0. The summed E-state index contributed by atoms with van der Waals surface area (Å²) in [4.78, 5) is 11.8. The molecule has 3 heterocycles. The fourth-order valence-electron chi connectivity index (χ4n) is 4.24. The van der Waals surface area contributed by atoms with E-state index in [4.69, 9.17) is 21.3 Å². The molecule has 2 aromatic carbocycles. The summed E-state index contributed by atoms with van der Waals surface area (Å²) < 4.78 is 47.4. The minimum Gasteiger partial charge on any atom is -0.438 e. The van der Waals surface area contributed by atoms with Crippen molar-refractivity contribution in [3.8, 4) is 11.6 Å². The second-order valence-electron chi connectivity index (χ2n) is 8.40. The number of hydrogen-bond acceptors (Lipinski definition) is 6. The quantitative estimate of drug-likeness (QED) is 0.499. The molecule has 0 radical (unpaired) electrons. The van der Waals surface area contributed by atoms with Gasteiger partial charge < -0.3 is 9.64 Å². The molecule has 1 fully saturated rings. The Morgan fingerprint density at radius 3 is 2.32 bits per heavy atom. The topological polar surface area (TPSA) is 75.6 Å². The van der Waals surface area contributed by atoms with Gasteiger partial charge in [-0.15, -0.1) is 0 Å². The molecule has 5 rings (SSSR count). The van der Waals surface area contributed by atoms with Crippen LogP contribution in [0.15, 0.2) is 53.4 Å². The fourth-order valence-corrected chi connectivity index (χ4v) is 5.78. The van der Waals surface area contributed by atoms with Crippen LogP contribution in [-0.2, 0) is 23.0 Å². The molecule has 2 aliphatic rings. The summed E-state index contributed by atoms with van der Waals surface area (Å²) in [5.74, 6) is 0.939. The summed E-state index contributed by atoms with van der Waals surface area (Å²) in [6.45, 7) is 2.11. The number of fused-ring (bicyclic) bond motifs is 1. The van der Waals surface area contributed by atoms with Gasteiger partial charge in [-0.1, -0.05) is 11.6 Å². The molecule has 0 aliphatic carbocycles. The Morgan fingerprint density at radius 1 is 0.912 bits per heavy atom. The predicted octanol–water partition coefficient (Wildman–Crippen LogP) is 4.80. The molecule has 178 valence electrons. The molecule has 0 spiro atoms. The van der Waals surface area contributed by atoms with Crippen LogP contribution in [0.5, 0.6) is 11.6 Å². The summed E-state index contributed by atoms with van der Waals surface area (Å²) >= 11 is 5.93. The second-order valence-corrected chi connectivity index (χ2v) is 10.8. The summed E-state index contributed by atoms with van der Waals surface area (Å²) in [6, 6.07) is 11.8. The van der Waals surface area contributed by atoms with Crippen molar-refractivity contribution in [2.75, 3.05) is 24.5 Å². The van der Waals surface area contributed by atoms with E-state index >= 15 is 0 Å². The van der Waals surface area contributed by atoms with Crippen LogP contribution in [-0.4, -0.2) is 42.3 Å². The number of anilines is 1. The highest BCUT2D eigenvalue weighted by Crippen LogP contribution is 2.34. The molecule has 0 atom stereocenters. The van der Waals surface area contributed by atoms with Crippen molar-refractivity contribution in [1.29, 1.82) is 0 Å². The lowest BCUT2D eigenvalue weighted by Crippen LogP contribution is -2.37. The summed E-state index contributed by atoms with van der Waals surface area (Å²) in [5, 5.41) is 0.469. The van der Waals surface area contributed by atoms with Crippen molar-refractivity contribution in [2.24, 2.45) is 0 Å². The summed E-state index contributed by atoms with van der Waals surface area (Å²) in [7, 11) is -3.74. The van der Waals surface area contributed by atoms with Crippen LogP contribution >= 0.6 is 11.6 Å². The van der Waals surface area contributed by atoms with Crippen LogP contribution in [0.1, 0.15) is 30.5 Å². The molecule has 0 bridgehead atoms. The van der Waals surface area contributed by atoms with E-state index in [0.29, 0.717) is 41.1 Å². The number of hydrogen-bond donors (Lipinski definition) is 0. The van der Waals surface area contributed by atoms with Crippen LogP contribution in [0.3, 0.4) is 0 Å². The van der Waals surface area contributed by atoms with Crippen molar-refractivity contribution in [2.45, 2.75) is 37.1 Å². The Labute approximate surface area is 203 Å². The zero-order chi connectivity index (χ0) is 23.7. The standard InChI is InChI=1S/C24H24ClFN4O3S/c25-17-4-10-20(11-5-17)34(31,32)30-15-12-22-21(16-30)23(33-19-8-6-18(26)7-9-19)28-24(27-22)29-13-2-1-3-14-29/h4-11H,1-3,12-16H2. The number of halogens is 2. The van der Waals surface area contributed by atoms with Gasteiger partial charge >= 0.3 is 0 Å². The number of benzene rings is 2. The maximum Gasteiger partial charge on any atom is 0.243 e. The Hall–Kier alpha value is -2.75. The molecule has 2 aliphatic heterocycles. The number of aromatic nitrogens is 2. The number of ether oxygens (including phenoxy) is 1. The predicted molar refractivity (Wildman–Crippen MR) is 127 cm³/mol. The fraction of sp³-hybridized carbons (Fsp3) is 0.333. The van der Waals surface area contributed by atoms with Crippen molar-refractivity contribution < 1.29 is 17.5 Å². The van der Waals surface area contributed by atoms with Crippen LogP contribution in [0.25, 0.3) is 0 Å². The monoisotopic (exact) mass is 502 g/mol. The van der Waals surface area contributed by atoms with E-state index in [1.54, 1.807) is 12.1 Å². The van der Waals surface area contributed by atoms with Gasteiger partial charge in [0.25, 0.3) is 0 Å². The highest BCUT2D eigenvalue weighted by Gasteiger charge is 2.32. The smallest absolute Gasteiger partial charge is 0.243 e.